The summed E-state index contributed by atoms with van der Waals surface area (Å²) >= 11 is 6.10. The number of sulfonamides is 1. The van der Waals surface area contributed by atoms with Gasteiger partial charge in [-0.15, -0.1) is 10.2 Å². The minimum Gasteiger partial charge on any atom is -0.352 e. The van der Waals surface area contributed by atoms with Gasteiger partial charge < -0.3 is 9.80 Å². The lowest BCUT2D eigenvalue weighted by Crippen LogP contribution is -2.49. The highest BCUT2D eigenvalue weighted by Crippen LogP contribution is 2.27. The predicted molar refractivity (Wildman–Crippen MR) is 115 cm³/mol. The molecule has 1 unspecified atom stereocenters. The highest BCUT2D eigenvalue weighted by atomic mass is 35.5. The van der Waals surface area contributed by atoms with Crippen LogP contribution in [0.3, 0.4) is 0 Å². The molecule has 0 amide bonds. The molecular weight excluding hydrogens is 410 g/mol. The van der Waals surface area contributed by atoms with Gasteiger partial charge in [-0.05, 0) is 50.5 Å². The van der Waals surface area contributed by atoms with E-state index in [1.807, 2.05) is 12.1 Å². The van der Waals surface area contributed by atoms with Crippen molar-refractivity contribution in [3.63, 3.8) is 0 Å². The summed E-state index contributed by atoms with van der Waals surface area (Å²) in [5, 5.41) is 9.11. The van der Waals surface area contributed by atoms with E-state index in [1.165, 1.54) is 23.6 Å². The van der Waals surface area contributed by atoms with E-state index in [0.717, 1.165) is 18.2 Å². The molecule has 0 radical (unpaired) electrons. The zero-order chi connectivity index (χ0) is 20.4. The molecule has 3 heterocycles. The van der Waals surface area contributed by atoms with Gasteiger partial charge in [-0.1, -0.05) is 23.7 Å². The standard InChI is InChI=1S/C20H26ClN5O2S/c1-16-6-4-5-11-26(16)20-10-9-19(22-23-20)24-12-14-25(15-13-24)29(27,28)18-8-3-2-7-17(18)21/h2-3,7-10,16H,4-6,11-15H2,1H3. The van der Waals surface area contributed by atoms with Crippen molar-refractivity contribution in [2.45, 2.75) is 37.1 Å². The van der Waals surface area contributed by atoms with Crippen LogP contribution in [0.1, 0.15) is 26.2 Å². The number of nitrogens with zero attached hydrogens (tertiary/aromatic N) is 5. The number of rotatable bonds is 4. The van der Waals surface area contributed by atoms with E-state index in [4.69, 9.17) is 11.6 Å². The summed E-state index contributed by atoms with van der Waals surface area (Å²) in [5.41, 5.74) is 0. The molecule has 2 aromatic rings. The molecule has 0 saturated carbocycles. The van der Waals surface area contributed by atoms with Crippen LogP contribution in [0.2, 0.25) is 5.02 Å². The fourth-order valence-corrected chi connectivity index (χ4v) is 5.94. The number of halogens is 1. The molecule has 0 N–H and O–H groups in total. The van der Waals surface area contributed by atoms with Crippen LogP contribution in [0.4, 0.5) is 11.6 Å². The van der Waals surface area contributed by atoms with Crippen LogP contribution in [0.25, 0.3) is 0 Å². The van der Waals surface area contributed by atoms with Crippen molar-refractivity contribution >= 4 is 33.3 Å². The summed E-state index contributed by atoms with van der Waals surface area (Å²) < 4.78 is 27.3. The van der Waals surface area contributed by atoms with E-state index < -0.39 is 10.0 Å². The molecule has 9 heteroatoms. The largest absolute Gasteiger partial charge is 0.352 e. The van der Waals surface area contributed by atoms with Gasteiger partial charge in [0.1, 0.15) is 4.90 Å². The van der Waals surface area contributed by atoms with E-state index in [9.17, 15) is 8.42 Å². The van der Waals surface area contributed by atoms with Crippen LogP contribution in [0.15, 0.2) is 41.3 Å². The molecule has 1 aromatic carbocycles. The Morgan fingerprint density at radius 3 is 2.28 bits per heavy atom. The first-order chi connectivity index (χ1) is 14.0. The second-order valence-electron chi connectivity index (χ2n) is 7.61. The summed E-state index contributed by atoms with van der Waals surface area (Å²) in [5.74, 6) is 1.70. The molecule has 2 aliphatic heterocycles. The van der Waals surface area contributed by atoms with Crippen LogP contribution in [-0.2, 0) is 10.0 Å². The van der Waals surface area contributed by atoms with Gasteiger partial charge in [-0.25, -0.2) is 8.42 Å². The molecule has 2 fully saturated rings. The fraction of sp³-hybridized carbons (Fsp3) is 0.500. The van der Waals surface area contributed by atoms with Crippen LogP contribution >= 0.6 is 11.6 Å². The Labute approximate surface area is 177 Å². The third-order valence-electron chi connectivity index (χ3n) is 5.75. The van der Waals surface area contributed by atoms with E-state index in [0.29, 0.717) is 32.2 Å². The van der Waals surface area contributed by atoms with Gasteiger partial charge in [0.15, 0.2) is 11.6 Å². The quantitative estimate of drug-likeness (QED) is 0.735. The Kier molecular flexibility index (Phi) is 5.94. The Balaban J connectivity index is 1.41. The predicted octanol–water partition coefficient (Wildman–Crippen LogP) is 3.02. The van der Waals surface area contributed by atoms with Crippen molar-refractivity contribution in [1.82, 2.24) is 14.5 Å². The number of aromatic nitrogens is 2. The molecule has 0 spiro atoms. The maximum absolute atomic E-state index is 12.9. The molecule has 2 saturated heterocycles. The summed E-state index contributed by atoms with van der Waals surface area (Å²) in [6.07, 6.45) is 3.64. The van der Waals surface area contributed by atoms with Crippen LogP contribution in [0, 0.1) is 0 Å². The third kappa shape index (κ3) is 4.20. The first-order valence-electron chi connectivity index (χ1n) is 10.1. The minimum atomic E-state index is -3.59. The molecule has 1 aromatic heterocycles. The van der Waals surface area contributed by atoms with Crippen molar-refractivity contribution in [2.24, 2.45) is 0 Å². The number of piperazine rings is 1. The normalized spacial score (nSPS) is 21.4. The highest BCUT2D eigenvalue weighted by molar-refractivity contribution is 7.89. The number of piperidine rings is 1. The molecule has 7 nitrogen and oxygen atoms in total. The summed E-state index contributed by atoms with van der Waals surface area (Å²) in [4.78, 5) is 4.55. The highest BCUT2D eigenvalue weighted by Gasteiger charge is 2.30. The number of hydrogen-bond acceptors (Lipinski definition) is 6. The Hall–Kier alpha value is -1.90. The second kappa shape index (κ2) is 8.45. The Bertz CT molecular complexity index is 946. The first kappa shape index (κ1) is 20.4. The topological polar surface area (TPSA) is 69.6 Å². The van der Waals surface area contributed by atoms with Crippen molar-refractivity contribution in [3.8, 4) is 0 Å². The Morgan fingerprint density at radius 2 is 1.62 bits per heavy atom. The van der Waals surface area contributed by atoms with Crippen molar-refractivity contribution in [2.75, 3.05) is 42.5 Å². The number of hydrogen-bond donors (Lipinski definition) is 0. The lowest BCUT2D eigenvalue weighted by atomic mass is 10.0. The smallest absolute Gasteiger partial charge is 0.244 e. The maximum Gasteiger partial charge on any atom is 0.244 e. The fourth-order valence-electron chi connectivity index (χ4n) is 4.03. The Morgan fingerprint density at radius 1 is 0.931 bits per heavy atom. The summed E-state index contributed by atoms with van der Waals surface area (Å²) in [6, 6.07) is 11.1. The third-order valence-corrected chi connectivity index (χ3v) is 8.15. The molecule has 0 aliphatic carbocycles. The van der Waals surface area contributed by atoms with Crippen molar-refractivity contribution < 1.29 is 8.42 Å². The lowest BCUT2D eigenvalue weighted by Gasteiger charge is -2.35. The number of anilines is 2. The van der Waals surface area contributed by atoms with Crippen LogP contribution in [0.5, 0.6) is 0 Å². The van der Waals surface area contributed by atoms with Gasteiger partial charge in [-0.3, -0.25) is 0 Å². The van der Waals surface area contributed by atoms with E-state index in [1.54, 1.807) is 24.3 Å². The van der Waals surface area contributed by atoms with E-state index in [-0.39, 0.29) is 9.92 Å². The van der Waals surface area contributed by atoms with E-state index in [2.05, 4.69) is 26.9 Å². The summed E-state index contributed by atoms with van der Waals surface area (Å²) in [7, 11) is -3.59. The molecule has 0 bridgehead atoms. The molecule has 1 atom stereocenters. The van der Waals surface area contributed by atoms with Crippen molar-refractivity contribution in [3.05, 3.63) is 41.4 Å². The minimum absolute atomic E-state index is 0.162. The molecule has 2 aliphatic rings. The van der Waals surface area contributed by atoms with Gasteiger partial charge in [0, 0.05) is 38.8 Å². The monoisotopic (exact) mass is 435 g/mol. The average molecular weight is 436 g/mol. The SMILES string of the molecule is CC1CCCCN1c1ccc(N2CCN(S(=O)(=O)c3ccccc3Cl)CC2)nn1. The van der Waals surface area contributed by atoms with Gasteiger partial charge in [0.05, 0.1) is 5.02 Å². The molecular formula is C20H26ClN5O2S. The zero-order valence-corrected chi connectivity index (χ0v) is 18.1. The zero-order valence-electron chi connectivity index (χ0n) is 16.5. The van der Waals surface area contributed by atoms with Gasteiger partial charge in [0.2, 0.25) is 10.0 Å². The second-order valence-corrected chi connectivity index (χ2v) is 9.92. The molecule has 4 rings (SSSR count). The summed E-state index contributed by atoms with van der Waals surface area (Å²) in [6.45, 7) is 5.16. The first-order valence-corrected chi connectivity index (χ1v) is 11.9. The van der Waals surface area contributed by atoms with Crippen LogP contribution in [-0.4, -0.2) is 61.7 Å². The van der Waals surface area contributed by atoms with Crippen LogP contribution < -0.4 is 9.80 Å². The van der Waals surface area contributed by atoms with Gasteiger partial charge >= 0.3 is 0 Å². The lowest BCUT2D eigenvalue weighted by molar-refractivity contribution is 0.383. The van der Waals surface area contributed by atoms with Crippen molar-refractivity contribution in [1.29, 1.82) is 0 Å². The van der Waals surface area contributed by atoms with Gasteiger partial charge in [0.25, 0.3) is 0 Å². The number of benzene rings is 1. The molecule has 29 heavy (non-hydrogen) atoms. The maximum atomic E-state index is 12.9. The van der Waals surface area contributed by atoms with E-state index >= 15 is 0 Å². The molecule has 156 valence electrons. The van der Waals surface area contributed by atoms with Gasteiger partial charge in [-0.2, -0.15) is 4.31 Å². The average Bonchev–Trinajstić information content (AvgIpc) is 2.74.